The molecule has 0 aliphatic heterocycles. The van der Waals surface area contributed by atoms with Crippen molar-refractivity contribution in [1.29, 1.82) is 0 Å². The fraction of sp³-hybridized carbons (Fsp3) is 0.130. The maximum atomic E-state index is 4.87. The van der Waals surface area contributed by atoms with E-state index in [1.165, 1.54) is 3.07 Å². The number of benzene rings is 2. The van der Waals surface area contributed by atoms with E-state index >= 15 is 0 Å². The van der Waals surface area contributed by atoms with Gasteiger partial charge in [-0.3, -0.25) is 0 Å². The molecular formula is C23H21HgN2. The molecule has 3 heteroatoms. The third kappa shape index (κ3) is 4.56. The van der Waals surface area contributed by atoms with E-state index in [4.69, 9.17) is 9.97 Å². The topological polar surface area (TPSA) is 25.8 Å². The molecule has 0 fully saturated rings. The van der Waals surface area contributed by atoms with Gasteiger partial charge in [0, 0.05) is 0 Å². The van der Waals surface area contributed by atoms with Crippen molar-refractivity contribution in [1.82, 2.24) is 9.97 Å². The zero-order valence-corrected chi connectivity index (χ0v) is 20.8. The second kappa shape index (κ2) is 9.04. The number of aromatic nitrogens is 2. The first-order valence-corrected chi connectivity index (χ1v) is 11.7. The summed E-state index contributed by atoms with van der Waals surface area (Å²) in [4.78, 5) is 9.73. The SMILES string of the molecule is C/C=C(\C=C/CC)c1cc(-c2ccc[c]([Hg])c2)nc(-c2ccccc2)n1. The van der Waals surface area contributed by atoms with Crippen LogP contribution >= 0.6 is 0 Å². The summed E-state index contributed by atoms with van der Waals surface area (Å²) >= 11 is 0.599. The second-order valence-corrected chi connectivity index (χ2v) is 9.26. The molecule has 0 N–H and O–H groups in total. The molecule has 0 amide bonds. The summed E-state index contributed by atoms with van der Waals surface area (Å²) in [5, 5.41) is 0. The van der Waals surface area contributed by atoms with Crippen LogP contribution in [0, 0.1) is 0 Å². The van der Waals surface area contributed by atoms with E-state index < -0.39 is 0 Å². The second-order valence-electron chi connectivity index (χ2n) is 6.08. The Hall–Kier alpha value is -2.06. The van der Waals surface area contributed by atoms with Gasteiger partial charge in [0.1, 0.15) is 0 Å². The molecule has 0 atom stereocenters. The minimum absolute atomic E-state index is 0.599. The summed E-state index contributed by atoms with van der Waals surface area (Å²) in [6, 6.07) is 21.0. The number of allylic oxidation sites excluding steroid dienone is 4. The summed E-state index contributed by atoms with van der Waals surface area (Å²) in [6.07, 6.45) is 7.43. The van der Waals surface area contributed by atoms with E-state index in [-0.39, 0.29) is 0 Å². The van der Waals surface area contributed by atoms with Crippen LogP contribution in [0.4, 0.5) is 0 Å². The molecule has 26 heavy (non-hydrogen) atoms. The number of hydrogen-bond acceptors (Lipinski definition) is 2. The minimum atomic E-state index is 0.599. The first-order valence-electron chi connectivity index (χ1n) is 8.91. The Labute approximate surface area is 171 Å². The Bertz CT molecular complexity index is 943. The van der Waals surface area contributed by atoms with Gasteiger partial charge in [0.2, 0.25) is 0 Å². The Kier molecular flexibility index (Phi) is 6.51. The molecule has 1 heterocycles. The molecule has 0 unspecified atom stereocenters. The van der Waals surface area contributed by atoms with Crippen LogP contribution in [0.25, 0.3) is 28.2 Å². The molecule has 2 aromatic carbocycles. The van der Waals surface area contributed by atoms with Crippen LogP contribution in [0.5, 0.6) is 0 Å². The Morgan fingerprint density at radius 3 is 2.42 bits per heavy atom. The van der Waals surface area contributed by atoms with E-state index in [0.29, 0.717) is 26.1 Å². The van der Waals surface area contributed by atoms with Crippen molar-refractivity contribution in [2.45, 2.75) is 20.3 Å². The van der Waals surface area contributed by atoms with E-state index in [9.17, 15) is 0 Å². The number of hydrogen-bond donors (Lipinski definition) is 0. The molecule has 0 aliphatic carbocycles. The first-order chi connectivity index (χ1) is 12.7. The molecule has 125 valence electrons. The molecule has 0 aliphatic rings. The van der Waals surface area contributed by atoms with Crippen LogP contribution in [-0.2, 0) is 26.1 Å². The quantitative estimate of drug-likeness (QED) is 0.331. The fourth-order valence-electron chi connectivity index (χ4n) is 2.76. The van der Waals surface area contributed by atoms with E-state index in [2.05, 4.69) is 74.5 Å². The Balaban J connectivity index is 2.18. The summed E-state index contributed by atoms with van der Waals surface area (Å²) in [5.74, 6) is 0.769. The molecule has 3 rings (SSSR count). The van der Waals surface area contributed by atoms with E-state index in [0.717, 1.165) is 40.3 Å². The van der Waals surface area contributed by atoms with Crippen LogP contribution in [0.3, 0.4) is 0 Å². The van der Waals surface area contributed by atoms with Crippen LogP contribution < -0.4 is 3.07 Å². The number of nitrogens with zero attached hydrogens (tertiary/aromatic N) is 2. The molecule has 2 nitrogen and oxygen atoms in total. The summed E-state index contributed by atoms with van der Waals surface area (Å²) in [5.41, 5.74) is 5.26. The predicted octanol–water partition coefficient (Wildman–Crippen LogP) is 5.35. The normalized spacial score (nSPS) is 11.9. The van der Waals surface area contributed by atoms with Crippen molar-refractivity contribution >= 4 is 8.65 Å². The molecule has 0 bridgehead atoms. The predicted molar refractivity (Wildman–Crippen MR) is 106 cm³/mol. The third-order valence-corrected chi connectivity index (χ3v) is 5.83. The van der Waals surface area contributed by atoms with Crippen LogP contribution in [0.1, 0.15) is 26.0 Å². The molecular weight excluding hydrogens is 505 g/mol. The molecule has 0 spiro atoms. The van der Waals surface area contributed by atoms with Gasteiger partial charge >= 0.3 is 172 Å². The average molecular weight is 526 g/mol. The van der Waals surface area contributed by atoms with Gasteiger partial charge in [-0.05, 0) is 0 Å². The fourth-order valence-corrected chi connectivity index (χ4v) is 4.15. The zero-order chi connectivity index (χ0) is 18.4. The molecule has 1 aromatic heterocycles. The third-order valence-electron chi connectivity index (χ3n) is 4.12. The molecule has 0 saturated heterocycles. The summed E-state index contributed by atoms with van der Waals surface area (Å²) in [7, 11) is 0. The van der Waals surface area contributed by atoms with Gasteiger partial charge < -0.3 is 0 Å². The summed E-state index contributed by atoms with van der Waals surface area (Å²) in [6.45, 7) is 4.20. The molecule has 3 aromatic rings. The standard InChI is InChI=1S/C23H21N2.Hg/c1-3-5-12-18(4-2)21-17-22(19-13-8-6-9-14-19)25-23(24-21)20-15-10-7-11-16-20;/h4-8,10-17H,3H2,1-2H3;/b12-5-,18-4+;. The van der Waals surface area contributed by atoms with Crippen molar-refractivity contribution in [3.8, 4) is 22.6 Å². The van der Waals surface area contributed by atoms with Gasteiger partial charge in [-0.2, -0.15) is 0 Å². The Morgan fingerprint density at radius 1 is 0.962 bits per heavy atom. The van der Waals surface area contributed by atoms with Crippen molar-refractivity contribution < 1.29 is 26.1 Å². The van der Waals surface area contributed by atoms with Crippen LogP contribution in [-0.4, -0.2) is 9.97 Å². The molecule has 0 radical (unpaired) electrons. The van der Waals surface area contributed by atoms with E-state index in [1.54, 1.807) is 0 Å². The van der Waals surface area contributed by atoms with Crippen molar-refractivity contribution in [3.05, 3.63) is 84.6 Å². The van der Waals surface area contributed by atoms with Gasteiger partial charge in [0.05, 0.1) is 0 Å². The van der Waals surface area contributed by atoms with Gasteiger partial charge in [-0.1, -0.05) is 0 Å². The Morgan fingerprint density at radius 2 is 1.73 bits per heavy atom. The van der Waals surface area contributed by atoms with Crippen molar-refractivity contribution in [3.63, 3.8) is 0 Å². The van der Waals surface area contributed by atoms with Gasteiger partial charge in [-0.25, -0.2) is 0 Å². The van der Waals surface area contributed by atoms with Crippen LogP contribution in [0.2, 0.25) is 0 Å². The van der Waals surface area contributed by atoms with Gasteiger partial charge in [0.15, 0.2) is 0 Å². The average Bonchev–Trinajstić information content (AvgIpc) is 2.69. The number of rotatable bonds is 5. The molecule has 0 saturated carbocycles. The van der Waals surface area contributed by atoms with Crippen LogP contribution in [0.15, 0.2) is 78.9 Å². The van der Waals surface area contributed by atoms with Crippen molar-refractivity contribution in [2.75, 3.05) is 0 Å². The van der Waals surface area contributed by atoms with Crippen molar-refractivity contribution in [2.24, 2.45) is 0 Å². The summed E-state index contributed by atoms with van der Waals surface area (Å²) < 4.78 is 1.42. The van der Waals surface area contributed by atoms with Gasteiger partial charge in [-0.15, -0.1) is 0 Å². The first kappa shape index (κ1) is 18.7. The van der Waals surface area contributed by atoms with E-state index in [1.807, 2.05) is 18.2 Å². The maximum absolute atomic E-state index is 4.87. The zero-order valence-electron chi connectivity index (χ0n) is 15.3. The monoisotopic (exact) mass is 527 g/mol. The van der Waals surface area contributed by atoms with Gasteiger partial charge in [0.25, 0.3) is 0 Å².